The van der Waals surface area contributed by atoms with Gasteiger partial charge in [-0.05, 0) is 107 Å². The van der Waals surface area contributed by atoms with Crippen molar-refractivity contribution in [1.29, 1.82) is 0 Å². The van der Waals surface area contributed by atoms with Crippen LogP contribution in [0.4, 0.5) is 0 Å². The molecule has 4 rings (SSSR count). The number of carbonyl (C=O) groups is 2. The number of carboxylic acids is 2. The van der Waals surface area contributed by atoms with Gasteiger partial charge in [-0.15, -0.1) is 0 Å². The number of hydrogen-bond acceptors (Lipinski definition) is 2. The molecule has 0 amide bonds. The highest BCUT2D eigenvalue weighted by Crippen LogP contribution is 2.60. The van der Waals surface area contributed by atoms with Gasteiger partial charge in [-0.1, -0.05) is 27.7 Å². The van der Waals surface area contributed by atoms with Crippen LogP contribution in [0.25, 0.3) is 11.1 Å². The molecule has 158 valence electrons. The molecular formula is C26H30O4. The maximum atomic E-state index is 12.2. The van der Waals surface area contributed by atoms with Gasteiger partial charge in [-0.25, -0.2) is 9.59 Å². The summed E-state index contributed by atoms with van der Waals surface area (Å²) in [5.74, 6) is -1.28. The van der Waals surface area contributed by atoms with Crippen molar-refractivity contribution in [2.75, 3.05) is 0 Å². The van der Waals surface area contributed by atoms with Gasteiger partial charge >= 0.3 is 11.9 Å². The Kier molecular flexibility index (Phi) is 4.43. The van der Waals surface area contributed by atoms with Gasteiger partial charge < -0.3 is 10.2 Å². The van der Waals surface area contributed by atoms with E-state index in [1.165, 1.54) is 11.1 Å². The number of aromatic carboxylic acids is 2. The SMILES string of the molecule is Cc1c(C(=O)O)c(C)c2c3c1C(C)C(C)c1c(C)c(C(=O)O)c(C)c(c1-3)C(C)C2C. The molecule has 0 saturated carbocycles. The van der Waals surface area contributed by atoms with Crippen molar-refractivity contribution >= 4 is 11.9 Å². The van der Waals surface area contributed by atoms with Crippen molar-refractivity contribution in [2.24, 2.45) is 0 Å². The molecule has 0 fully saturated rings. The minimum atomic E-state index is -0.867. The molecule has 4 atom stereocenters. The van der Waals surface area contributed by atoms with Crippen molar-refractivity contribution in [3.8, 4) is 11.1 Å². The lowest BCUT2D eigenvalue weighted by atomic mass is 9.59. The first-order chi connectivity index (χ1) is 13.9. The number of carboxylic acid groups (broad SMARTS) is 2. The molecule has 2 aromatic rings. The third-order valence-electron chi connectivity index (χ3n) is 8.19. The predicted molar refractivity (Wildman–Crippen MR) is 118 cm³/mol. The molecule has 4 nitrogen and oxygen atoms in total. The quantitative estimate of drug-likeness (QED) is 0.603. The molecule has 0 bridgehead atoms. The zero-order chi connectivity index (χ0) is 22.4. The minimum absolute atomic E-state index is 0.112. The molecule has 4 unspecified atom stereocenters. The van der Waals surface area contributed by atoms with Crippen LogP contribution in [0.1, 0.15) is 117 Å². The summed E-state index contributed by atoms with van der Waals surface area (Å²) in [6.07, 6.45) is 0. The predicted octanol–water partition coefficient (Wildman–Crippen LogP) is 6.42. The fraction of sp³-hybridized carbons (Fsp3) is 0.462. The molecule has 2 aromatic carbocycles. The molecule has 2 aliphatic rings. The Bertz CT molecular complexity index is 993. The molecule has 0 aliphatic heterocycles. The average molecular weight is 407 g/mol. The van der Waals surface area contributed by atoms with Crippen molar-refractivity contribution in [2.45, 2.75) is 79.1 Å². The van der Waals surface area contributed by atoms with E-state index in [9.17, 15) is 19.8 Å². The van der Waals surface area contributed by atoms with E-state index in [4.69, 9.17) is 0 Å². The molecule has 0 spiro atoms. The number of hydrogen-bond donors (Lipinski definition) is 2. The second-order valence-corrected chi connectivity index (χ2v) is 9.42. The largest absolute Gasteiger partial charge is 0.478 e. The lowest BCUT2D eigenvalue weighted by molar-refractivity contribution is 0.0683. The van der Waals surface area contributed by atoms with Gasteiger partial charge in [-0.2, -0.15) is 0 Å². The van der Waals surface area contributed by atoms with Crippen molar-refractivity contribution < 1.29 is 19.8 Å². The number of rotatable bonds is 2. The average Bonchev–Trinajstić information content (AvgIpc) is 2.63. The molecule has 30 heavy (non-hydrogen) atoms. The fourth-order valence-corrected chi connectivity index (χ4v) is 6.60. The maximum absolute atomic E-state index is 12.2. The van der Waals surface area contributed by atoms with Crippen molar-refractivity contribution in [3.63, 3.8) is 0 Å². The minimum Gasteiger partial charge on any atom is -0.478 e. The third-order valence-corrected chi connectivity index (χ3v) is 8.19. The van der Waals surface area contributed by atoms with Gasteiger partial charge in [-0.3, -0.25) is 0 Å². The van der Waals surface area contributed by atoms with Crippen LogP contribution in [0.5, 0.6) is 0 Å². The van der Waals surface area contributed by atoms with Crippen LogP contribution < -0.4 is 0 Å². The Morgan fingerprint density at radius 1 is 0.533 bits per heavy atom. The third kappa shape index (κ3) is 2.28. The number of benzene rings is 2. The summed E-state index contributed by atoms with van der Waals surface area (Å²) in [5, 5.41) is 20.0. The van der Waals surface area contributed by atoms with Crippen LogP contribution in [0, 0.1) is 27.7 Å². The summed E-state index contributed by atoms with van der Waals surface area (Å²) in [6.45, 7) is 16.4. The van der Waals surface area contributed by atoms with Crippen LogP contribution >= 0.6 is 0 Å². The fourth-order valence-electron chi connectivity index (χ4n) is 6.60. The summed E-state index contributed by atoms with van der Waals surface area (Å²) in [7, 11) is 0. The zero-order valence-corrected chi connectivity index (χ0v) is 19.0. The summed E-state index contributed by atoms with van der Waals surface area (Å²) in [4.78, 5) is 24.4. The first-order valence-electron chi connectivity index (χ1n) is 10.7. The van der Waals surface area contributed by atoms with Crippen LogP contribution in [-0.4, -0.2) is 22.2 Å². The molecule has 0 radical (unpaired) electrons. The Morgan fingerprint density at radius 2 is 0.733 bits per heavy atom. The molecule has 0 aromatic heterocycles. The molecule has 0 heterocycles. The molecule has 4 heteroatoms. The van der Waals surface area contributed by atoms with E-state index < -0.39 is 11.9 Å². The van der Waals surface area contributed by atoms with E-state index in [-0.39, 0.29) is 23.7 Å². The molecule has 2 aliphatic carbocycles. The first-order valence-corrected chi connectivity index (χ1v) is 10.7. The van der Waals surface area contributed by atoms with E-state index in [2.05, 4.69) is 27.7 Å². The first kappa shape index (κ1) is 20.6. The monoisotopic (exact) mass is 406 g/mol. The molecular weight excluding hydrogens is 376 g/mol. The van der Waals surface area contributed by atoms with Crippen molar-refractivity contribution in [3.05, 3.63) is 55.6 Å². The van der Waals surface area contributed by atoms with E-state index in [0.717, 1.165) is 44.5 Å². The van der Waals surface area contributed by atoms with Crippen LogP contribution in [0.3, 0.4) is 0 Å². The molecule has 2 N–H and O–H groups in total. The van der Waals surface area contributed by atoms with Gasteiger partial charge in [0.15, 0.2) is 0 Å². The van der Waals surface area contributed by atoms with Crippen LogP contribution in [0.15, 0.2) is 0 Å². The van der Waals surface area contributed by atoms with Gasteiger partial charge in [0.05, 0.1) is 11.1 Å². The van der Waals surface area contributed by atoms with E-state index in [1.807, 2.05) is 27.7 Å². The highest BCUT2D eigenvalue weighted by molar-refractivity contribution is 5.99. The van der Waals surface area contributed by atoms with Gasteiger partial charge in [0, 0.05) is 0 Å². The Hall–Kier alpha value is -2.62. The lowest BCUT2D eigenvalue weighted by Crippen LogP contribution is -2.28. The highest BCUT2D eigenvalue weighted by Gasteiger charge is 2.43. The molecule has 0 saturated heterocycles. The van der Waals surface area contributed by atoms with E-state index in [0.29, 0.717) is 11.1 Å². The Morgan fingerprint density at radius 3 is 0.900 bits per heavy atom. The summed E-state index contributed by atoms with van der Waals surface area (Å²) in [6, 6.07) is 0. The van der Waals surface area contributed by atoms with Crippen LogP contribution in [-0.2, 0) is 0 Å². The van der Waals surface area contributed by atoms with Gasteiger partial charge in [0.25, 0.3) is 0 Å². The summed E-state index contributed by atoms with van der Waals surface area (Å²) < 4.78 is 0. The smallest absolute Gasteiger partial charge is 0.336 e. The van der Waals surface area contributed by atoms with Gasteiger partial charge in [0.2, 0.25) is 0 Å². The Labute approximate surface area is 177 Å². The second-order valence-electron chi connectivity index (χ2n) is 9.42. The Balaban J connectivity index is 2.32. The topological polar surface area (TPSA) is 74.6 Å². The normalized spacial score (nSPS) is 23.9. The van der Waals surface area contributed by atoms with Crippen molar-refractivity contribution in [1.82, 2.24) is 0 Å². The standard InChI is InChI=1S/C26H30O4/c1-9-10(2)18-14(6)22(26(29)30)16(8)20-12(4)11(3)19-15(7)21(25(27)28)13(5)17(9)23(19)24(18)20/h9-12H,1-8H3,(H,27,28)(H,29,30). The maximum Gasteiger partial charge on any atom is 0.336 e. The van der Waals surface area contributed by atoms with E-state index in [1.54, 1.807) is 0 Å². The zero-order valence-electron chi connectivity index (χ0n) is 19.0. The van der Waals surface area contributed by atoms with Crippen LogP contribution in [0.2, 0.25) is 0 Å². The second kappa shape index (κ2) is 6.44. The summed E-state index contributed by atoms with van der Waals surface area (Å²) in [5.41, 5.74) is 11.2. The lowest BCUT2D eigenvalue weighted by Gasteiger charge is -2.44. The van der Waals surface area contributed by atoms with E-state index >= 15 is 0 Å². The van der Waals surface area contributed by atoms with Gasteiger partial charge in [0.1, 0.15) is 0 Å². The highest BCUT2D eigenvalue weighted by atomic mass is 16.4. The summed E-state index contributed by atoms with van der Waals surface area (Å²) >= 11 is 0.